The molecule has 0 N–H and O–H groups in total. The van der Waals surface area contributed by atoms with Gasteiger partial charge in [0, 0.05) is 0 Å². The van der Waals surface area contributed by atoms with E-state index in [1.807, 2.05) is 0 Å². The normalized spacial score (nSPS) is 13.5. The van der Waals surface area contributed by atoms with Gasteiger partial charge >= 0.3 is 79.2 Å². The van der Waals surface area contributed by atoms with E-state index in [-0.39, 0.29) is 10.1 Å². The van der Waals surface area contributed by atoms with Crippen LogP contribution in [-0.4, -0.2) is 13.8 Å². The Morgan fingerprint density at radius 2 is 1.54 bits per heavy atom. The van der Waals surface area contributed by atoms with Crippen molar-refractivity contribution in [3.8, 4) is 0 Å². The number of hydrogen-bond acceptors (Lipinski definition) is 1. The summed E-state index contributed by atoms with van der Waals surface area (Å²) in [6.45, 7) is 0. The molecule has 69 valence electrons. The number of benzene rings is 1. The zero-order valence-electron chi connectivity index (χ0n) is 5.78. The van der Waals surface area contributed by atoms with E-state index < -0.39 is 37.1 Å². The molecule has 1 radical (unpaired) electrons. The first-order valence-electron chi connectivity index (χ1n) is 3.03. The molecule has 1 aromatic carbocycles. The second-order valence-electron chi connectivity index (χ2n) is 2.18. The van der Waals surface area contributed by atoms with Crippen molar-refractivity contribution >= 4 is 34.0 Å². The molecule has 0 bridgehead atoms. The molecular weight excluding hydrogens is 273 g/mol. The topological polar surface area (TPSA) is 12.4 Å². The van der Waals surface area contributed by atoms with Crippen LogP contribution in [0.5, 0.6) is 0 Å². The summed E-state index contributed by atoms with van der Waals surface area (Å²) in [6.07, 6.45) is 0. The molecule has 0 aliphatic carbocycles. The Morgan fingerprint density at radius 1 is 0.923 bits per heavy atom. The van der Waals surface area contributed by atoms with Gasteiger partial charge in [0.1, 0.15) is 0 Å². The minimum atomic E-state index is -1.79. The zero-order valence-corrected chi connectivity index (χ0v) is 8.31. The summed E-state index contributed by atoms with van der Waals surface area (Å²) < 4.78 is 54.3. The van der Waals surface area contributed by atoms with Crippen LogP contribution in [0, 0.1) is 23.3 Å². The van der Waals surface area contributed by atoms with Gasteiger partial charge in [-0.05, 0) is 0 Å². The molecule has 0 saturated carbocycles. The van der Waals surface area contributed by atoms with Gasteiger partial charge in [-0.1, -0.05) is 0 Å². The van der Waals surface area contributed by atoms with Gasteiger partial charge in [0.05, 0.1) is 0 Å². The van der Waals surface area contributed by atoms with Gasteiger partial charge in [-0.25, -0.2) is 0 Å². The molecule has 0 spiro atoms. The predicted octanol–water partition coefficient (Wildman–Crippen LogP) is 1.40. The summed E-state index contributed by atoms with van der Waals surface area (Å²) in [5, 5.41) is 0. The zero-order chi connectivity index (χ0) is 9.59. The predicted molar refractivity (Wildman–Crippen MR) is 41.1 cm³/mol. The number of rotatable bonds is 0. The fourth-order valence-corrected chi connectivity index (χ4v) is 4.09. The summed E-state index contributed by atoms with van der Waals surface area (Å²) >= 11 is -0.505. The molecule has 0 amide bonds. The fourth-order valence-electron chi connectivity index (χ4n) is 0.851. The van der Waals surface area contributed by atoms with E-state index in [1.165, 1.54) is 0 Å². The second kappa shape index (κ2) is 3.01. The summed E-state index contributed by atoms with van der Waals surface area (Å²) in [6, 6.07) is 0. The van der Waals surface area contributed by atoms with Crippen LogP contribution in [0.4, 0.5) is 23.2 Å². The summed E-state index contributed by atoms with van der Waals surface area (Å²) in [5.74, 6) is -6.27. The van der Waals surface area contributed by atoms with Crippen molar-refractivity contribution in [2.75, 3.05) is 0 Å². The van der Waals surface area contributed by atoms with Crippen LogP contribution in [0.3, 0.4) is 0 Å². The van der Waals surface area contributed by atoms with Gasteiger partial charge in [0.25, 0.3) is 0 Å². The Balaban J connectivity index is 2.82. The van der Waals surface area contributed by atoms with E-state index in [0.29, 0.717) is 0 Å². The Labute approximate surface area is 79.5 Å². The van der Waals surface area contributed by atoms with Gasteiger partial charge < -0.3 is 0 Å². The third-order valence-corrected chi connectivity index (χ3v) is 4.72. The van der Waals surface area contributed by atoms with Crippen LogP contribution in [-0.2, 0) is 9.98 Å². The van der Waals surface area contributed by atoms with Gasteiger partial charge in [0.15, 0.2) is 0 Å². The van der Waals surface area contributed by atoms with E-state index in [9.17, 15) is 17.6 Å². The first-order valence-corrected chi connectivity index (χ1v) is 6.69. The maximum absolute atomic E-state index is 12.9. The van der Waals surface area contributed by atoms with Crippen LogP contribution < -0.4 is 4.46 Å². The van der Waals surface area contributed by atoms with Crippen molar-refractivity contribution in [1.29, 1.82) is 0 Å². The third kappa shape index (κ3) is 1.19. The van der Waals surface area contributed by atoms with Crippen molar-refractivity contribution in [1.82, 2.24) is 0 Å². The standard InChI is InChI=1S/C6F4NSSe/c7-1-2(8)4(10)6-5(3(1)9)11-12-13-6. The molecule has 1 aliphatic rings. The molecular formula is C6F4NSSe. The van der Waals surface area contributed by atoms with E-state index in [1.54, 1.807) is 0 Å². The average molecular weight is 273 g/mol. The second-order valence-corrected chi connectivity index (χ2v) is 5.52. The number of nitrogens with zero attached hydrogens (tertiary/aromatic N) is 1. The first-order chi connectivity index (χ1) is 6.13. The number of hydrogen-bond donors (Lipinski definition) is 0. The maximum atomic E-state index is 12.9. The van der Waals surface area contributed by atoms with E-state index in [4.69, 9.17) is 0 Å². The first kappa shape index (κ1) is 9.05. The third-order valence-electron chi connectivity index (χ3n) is 1.45. The fraction of sp³-hybridized carbons (Fsp3) is 0. The van der Waals surface area contributed by atoms with Crippen LogP contribution in [0.2, 0.25) is 0 Å². The Bertz CT molecular complexity index is 420. The molecule has 0 atom stereocenters. The SMILES string of the molecule is Fc1c(F)c(F)c2c(c1F)N=[S][Se]2. The molecule has 1 nitrogen and oxygen atoms in total. The molecule has 13 heavy (non-hydrogen) atoms. The molecule has 1 aromatic rings. The Kier molecular flexibility index (Phi) is 2.09. The average Bonchev–Trinajstić information content (AvgIpc) is 2.59. The van der Waals surface area contributed by atoms with Gasteiger partial charge in [-0.2, -0.15) is 0 Å². The summed E-state index contributed by atoms with van der Waals surface area (Å²) in [4.78, 5) is 0. The molecule has 1 aliphatic heterocycles. The minimum absolute atomic E-state index is 0.145. The summed E-state index contributed by atoms with van der Waals surface area (Å²) in [5.41, 5.74) is -0.388. The van der Waals surface area contributed by atoms with E-state index >= 15 is 0 Å². The quantitative estimate of drug-likeness (QED) is 0.293. The Hall–Kier alpha value is -0.521. The molecule has 0 saturated heterocycles. The van der Waals surface area contributed by atoms with Crippen LogP contribution in [0.15, 0.2) is 4.36 Å². The van der Waals surface area contributed by atoms with Crippen LogP contribution in [0.25, 0.3) is 0 Å². The molecule has 7 heteroatoms. The van der Waals surface area contributed by atoms with Crippen molar-refractivity contribution < 1.29 is 17.6 Å². The molecule has 1 heterocycles. The number of fused-ring (bicyclic) bond motifs is 1. The van der Waals surface area contributed by atoms with Gasteiger partial charge in [0.2, 0.25) is 0 Å². The van der Waals surface area contributed by atoms with Gasteiger partial charge in [-0.3, -0.25) is 0 Å². The summed E-state index contributed by atoms with van der Waals surface area (Å²) in [7, 11) is 0.923. The molecule has 2 rings (SSSR count). The van der Waals surface area contributed by atoms with Crippen LogP contribution >= 0.6 is 0 Å². The van der Waals surface area contributed by atoms with Crippen LogP contribution in [0.1, 0.15) is 0 Å². The van der Waals surface area contributed by atoms with E-state index in [0.717, 1.165) is 9.98 Å². The van der Waals surface area contributed by atoms with Crippen molar-refractivity contribution in [2.45, 2.75) is 0 Å². The van der Waals surface area contributed by atoms with Crippen molar-refractivity contribution in [3.05, 3.63) is 23.3 Å². The van der Waals surface area contributed by atoms with Crippen molar-refractivity contribution in [2.24, 2.45) is 4.36 Å². The molecule has 0 unspecified atom stereocenters. The van der Waals surface area contributed by atoms with Gasteiger partial charge in [-0.15, -0.1) is 0 Å². The Morgan fingerprint density at radius 3 is 2.23 bits per heavy atom. The number of halogens is 4. The van der Waals surface area contributed by atoms with E-state index in [2.05, 4.69) is 4.36 Å². The molecule has 0 fully saturated rings. The van der Waals surface area contributed by atoms with Crippen molar-refractivity contribution in [3.63, 3.8) is 0 Å². The monoisotopic (exact) mass is 274 g/mol. The molecule has 0 aromatic heterocycles.